The molecule has 9 nitrogen and oxygen atoms in total. The Labute approximate surface area is 345 Å². The summed E-state index contributed by atoms with van der Waals surface area (Å²) < 4.78 is 11.1. The van der Waals surface area contributed by atoms with Gasteiger partial charge in [-0.15, -0.1) is 0 Å². The molecule has 0 aliphatic carbocycles. The molecule has 0 spiro atoms. The Morgan fingerprint density at radius 1 is 0.614 bits per heavy atom. The predicted octanol–water partition coefficient (Wildman–Crippen LogP) is 8.94. The van der Waals surface area contributed by atoms with Crippen LogP contribution >= 0.6 is 0 Å². The highest BCUT2D eigenvalue weighted by Crippen LogP contribution is 2.22. The van der Waals surface area contributed by atoms with Crippen LogP contribution in [0.25, 0.3) is 0 Å². The fraction of sp³-hybridized carbons (Fsp3) is 0.646. The maximum Gasteiger partial charge on any atom is 0.220 e. The summed E-state index contributed by atoms with van der Waals surface area (Å²) in [4.78, 5) is 12.9. The van der Waals surface area contributed by atoms with Gasteiger partial charge in [-0.25, -0.2) is 0 Å². The van der Waals surface area contributed by atoms with Gasteiger partial charge in [0.25, 0.3) is 0 Å². The number of ether oxygens (including phenoxy) is 2. The number of aliphatic hydroxyl groups excluding tert-OH is 5. The number of nitrogens with one attached hydrogen (secondary N) is 1. The van der Waals surface area contributed by atoms with Gasteiger partial charge in [0.1, 0.15) is 24.4 Å². The van der Waals surface area contributed by atoms with Crippen LogP contribution in [-0.4, -0.2) is 87.5 Å². The molecule has 0 aromatic heterocycles. The smallest absolute Gasteiger partial charge is 0.220 e. The molecule has 1 rings (SSSR count). The summed E-state index contributed by atoms with van der Waals surface area (Å²) in [6.45, 7) is 3.57. The van der Waals surface area contributed by atoms with Gasteiger partial charge < -0.3 is 40.3 Å². The lowest BCUT2D eigenvalue weighted by atomic mass is 9.99. The van der Waals surface area contributed by atoms with Gasteiger partial charge in [0, 0.05) is 6.42 Å². The molecule has 0 aromatic carbocycles. The Morgan fingerprint density at radius 3 is 1.61 bits per heavy atom. The summed E-state index contributed by atoms with van der Waals surface area (Å²) in [5.41, 5.74) is 0. The van der Waals surface area contributed by atoms with E-state index in [0.717, 1.165) is 83.5 Å². The van der Waals surface area contributed by atoms with Gasteiger partial charge in [0.15, 0.2) is 6.29 Å². The molecule has 0 radical (unpaired) electrons. The number of rotatable bonds is 34. The number of hydrogen-bond acceptors (Lipinski definition) is 8. The van der Waals surface area contributed by atoms with Crippen molar-refractivity contribution >= 4 is 5.91 Å². The van der Waals surface area contributed by atoms with Crippen LogP contribution in [-0.2, 0) is 14.3 Å². The average Bonchev–Trinajstić information content (AvgIpc) is 3.21. The topological polar surface area (TPSA) is 149 Å². The van der Waals surface area contributed by atoms with Crippen molar-refractivity contribution in [3.63, 3.8) is 0 Å². The van der Waals surface area contributed by atoms with Crippen LogP contribution < -0.4 is 5.32 Å². The molecule has 1 fully saturated rings. The van der Waals surface area contributed by atoms with Gasteiger partial charge in [-0.1, -0.05) is 156 Å². The van der Waals surface area contributed by atoms with Crippen molar-refractivity contribution in [2.75, 3.05) is 13.2 Å². The van der Waals surface area contributed by atoms with E-state index in [0.29, 0.717) is 12.8 Å². The quantitative estimate of drug-likeness (QED) is 0.0279. The van der Waals surface area contributed by atoms with Crippen LogP contribution in [0.2, 0.25) is 0 Å². The monoisotopic (exact) mass is 798 g/mol. The first-order chi connectivity index (χ1) is 27.8. The fourth-order valence-electron chi connectivity index (χ4n) is 6.13. The summed E-state index contributed by atoms with van der Waals surface area (Å²) in [5, 5.41) is 53.9. The summed E-state index contributed by atoms with van der Waals surface area (Å²) >= 11 is 0. The molecule has 7 atom stereocenters. The minimum atomic E-state index is -1.58. The van der Waals surface area contributed by atoms with Gasteiger partial charge in [0.05, 0.1) is 25.4 Å². The van der Waals surface area contributed by atoms with Crippen LogP contribution in [0.15, 0.2) is 97.2 Å². The largest absolute Gasteiger partial charge is 0.394 e. The average molecular weight is 798 g/mol. The highest BCUT2D eigenvalue weighted by Gasteiger charge is 2.44. The first-order valence-corrected chi connectivity index (χ1v) is 22.0. The number of carbonyl (C=O) groups is 1. The zero-order valence-corrected chi connectivity index (χ0v) is 35.3. The predicted molar refractivity (Wildman–Crippen MR) is 234 cm³/mol. The minimum Gasteiger partial charge on any atom is -0.394 e. The number of amides is 1. The standard InChI is InChI=1S/C48H79NO8/c1-3-5-7-9-11-13-14-15-16-17-18-19-20-21-22-23-24-25-26-27-28-30-32-34-36-38-44(52)49-41(42(51)37-35-33-31-29-12-10-8-6-4-2)40-56-48-47(55)46(54)45(53)43(39-50)57-48/h5,7,11,13,15-16,18-19,21-22,24-25,27-28,35,37,41-43,45-48,50-51,53-55H,3-4,6,8-10,12,14,17,20,23,26,29-34,36,38-40H2,1-2H3,(H,49,52)/b7-5-,13-11-,16-15-,19-18-,22-21-,25-24-,28-27-,37-35+. The number of unbranched alkanes of at least 4 members (excludes halogenated alkanes) is 10. The lowest BCUT2D eigenvalue weighted by Crippen LogP contribution is -2.60. The molecule has 0 bridgehead atoms. The van der Waals surface area contributed by atoms with Crippen molar-refractivity contribution < 1.29 is 39.8 Å². The zero-order valence-electron chi connectivity index (χ0n) is 35.3. The van der Waals surface area contributed by atoms with Crippen molar-refractivity contribution in [1.82, 2.24) is 5.32 Å². The van der Waals surface area contributed by atoms with Crippen molar-refractivity contribution in [3.05, 3.63) is 97.2 Å². The second-order valence-electron chi connectivity index (χ2n) is 14.8. The Kier molecular flexibility index (Phi) is 34.2. The Bertz CT molecular complexity index is 1200. The SMILES string of the molecule is CC/C=C\C/C=C\C/C=C\C/C=C\C/C=C\C/C=C\C/C=C\CCCCCC(=O)NC(COC1OC(CO)C(O)C(O)C1O)C(O)/C=C/CCCCCCCCC. The van der Waals surface area contributed by atoms with Crippen LogP contribution in [0, 0.1) is 0 Å². The van der Waals surface area contributed by atoms with Gasteiger partial charge in [-0.3, -0.25) is 4.79 Å². The Hall–Kier alpha value is -2.89. The molecular weight excluding hydrogens is 719 g/mol. The Morgan fingerprint density at radius 2 is 1.09 bits per heavy atom. The van der Waals surface area contributed by atoms with Gasteiger partial charge >= 0.3 is 0 Å². The number of carbonyl (C=O) groups excluding carboxylic acids is 1. The summed E-state index contributed by atoms with van der Waals surface area (Å²) in [6, 6.07) is -0.827. The van der Waals surface area contributed by atoms with Gasteiger partial charge in [-0.2, -0.15) is 0 Å². The molecule has 1 aliphatic rings. The molecule has 1 saturated heterocycles. The molecule has 324 valence electrons. The molecule has 1 amide bonds. The third kappa shape index (κ3) is 28.2. The van der Waals surface area contributed by atoms with Crippen molar-refractivity contribution in [2.24, 2.45) is 0 Å². The number of hydrogen-bond donors (Lipinski definition) is 6. The third-order valence-electron chi connectivity index (χ3n) is 9.66. The van der Waals surface area contributed by atoms with Gasteiger partial charge in [-0.05, 0) is 77.0 Å². The van der Waals surface area contributed by atoms with Gasteiger partial charge in [0.2, 0.25) is 5.91 Å². The normalized spacial score (nSPS) is 22.0. The van der Waals surface area contributed by atoms with E-state index in [9.17, 15) is 30.3 Å². The molecule has 0 aromatic rings. The molecule has 6 N–H and O–H groups in total. The molecule has 9 heteroatoms. The molecule has 1 heterocycles. The maximum absolute atomic E-state index is 12.9. The van der Waals surface area contributed by atoms with E-state index in [1.807, 2.05) is 6.08 Å². The summed E-state index contributed by atoms with van der Waals surface area (Å²) in [5.74, 6) is -0.217. The zero-order chi connectivity index (χ0) is 41.6. The highest BCUT2D eigenvalue weighted by molar-refractivity contribution is 5.76. The number of aliphatic hydroxyl groups is 5. The van der Waals surface area contributed by atoms with Crippen LogP contribution in [0.3, 0.4) is 0 Å². The first-order valence-electron chi connectivity index (χ1n) is 22.0. The highest BCUT2D eigenvalue weighted by atomic mass is 16.7. The van der Waals surface area contributed by atoms with E-state index < -0.39 is 49.5 Å². The summed E-state index contributed by atoms with van der Waals surface area (Å²) in [7, 11) is 0. The third-order valence-corrected chi connectivity index (χ3v) is 9.66. The number of allylic oxidation sites excluding steroid dienone is 15. The summed E-state index contributed by atoms with van der Waals surface area (Å²) in [6.07, 6.45) is 46.0. The van der Waals surface area contributed by atoms with Crippen molar-refractivity contribution in [3.8, 4) is 0 Å². The Balaban J connectivity index is 2.34. The molecule has 0 saturated carbocycles. The van der Waals surface area contributed by atoms with Crippen LogP contribution in [0.4, 0.5) is 0 Å². The van der Waals surface area contributed by atoms with E-state index in [4.69, 9.17) is 9.47 Å². The van der Waals surface area contributed by atoms with E-state index in [1.54, 1.807) is 6.08 Å². The van der Waals surface area contributed by atoms with Crippen molar-refractivity contribution in [2.45, 2.75) is 185 Å². The van der Waals surface area contributed by atoms with Crippen LogP contribution in [0.1, 0.15) is 142 Å². The maximum atomic E-state index is 12.9. The van der Waals surface area contributed by atoms with E-state index in [1.165, 1.54) is 32.1 Å². The fourth-order valence-corrected chi connectivity index (χ4v) is 6.13. The van der Waals surface area contributed by atoms with Crippen molar-refractivity contribution in [1.29, 1.82) is 0 Å². The lowest BCUT2D eigenvalue weighted by Gasteiger charge is -2.40. The molecule has 57 heavy (non-hydrogen) atoms. The van der Waals surface area contributed by atoms with E-state index in [-0.39, 0.29) is 12.5 Å². The van der Waals surface area contributed by atoms with E-state index in [2.05, 4.69) is 104 Å². The van der Waals surface area contributed by atoms with Crippen LogP contribution in [0.5, 0.6) is 0 Å². The first kappa shape index (κ1) is 52.1. The minimum absolute atomic E-state index is 0.209. The molecular formula is C48H79NO8. The lowest BCUT2D eigenvalue weighted by molar-refractivity contribution is -0.302. The molecule has 7 unspecified atom stereocenters. The molecule has 1 aliphatic heterocycles. The second kappa shape index (κ2) is 37.4. The van der Waals surface area contributed by atoms with E-state index >= 15 is 0 Å². The second-order valence-corrected chi connectivity index (χ2v) is 14.8.